The Labute approximate surface area is 87.4 Å². The van der Waals surface area contributed by atoms with E-state index in [1.54, 1.807) is 6.07 Å². The molecule has 5 nitrogen and oxygen atoms in total. The summed E-state index contributed by atoms with van der Waals surface area (Å²) in [5, 5.41) is 7.08. The first-order valence-electron chi connectivity index (χ1n) is 5.27. The van der Waals surface area contributed by atoms with Crippen LogP contribution < -0.4 is 5.32 Å². The van der Waals surface area contributed by atoms with Gasteiger partial charge in [-0.2, -0.15) is 0 Å². The van der Waals surface area contributed by atoms with Crippen molar-refractivity contribution in [1.82, 2.24) is 15.4 Å². The number of hydrogen-bond donors (Lipinski definition) is 1. The van der Waals surface area contributed by atoms with Crippen molar-refractivity contribution >= 4 is 5.91 Å². The molecule has 3 heterocycles. The highest BCUT2D eigenvalue weighted by molar-refractivity contribution is 5.92. The van der Waals surface area contributed by atoms with Crippen LogP contribution in [-0.4, -0.2) is 41.6 Å². The number of fused-ring (bicyclic) bond motifs is 1. The number of amides is 1. The number of carbonyl (C=O) groups is 1. The van der Waals surface area contributed by atoms with Crippen LogP contribution in [0.3, 0.4) is 0 Å². The van der Waals surface area contributed by atoms with Crippen molar-refractivity contribution < 1.29 is 9.32 Å². The Morgan fingerprint density at radius 2 is 2.53 bits per heavy atom. The molecule has 15 heavy (non-hydrogen) atoms. The predicted octanol–water partition coefficient (Wildman–Crippen LogP) is 0.108. The molecular formula is C10H13N3O2. The lowest BCUT2D eigenvalue weighted by molar-refractivity contribution is 0.0772. The summed E-state index contributed by atoms with van der Waals surface area (Å²) in [6.45, 7) is 2.74. The molecule has 80 valence electrons. The molecule has 0 spiro atoms. The van der Waals surface area contributed by atoms with Gasteiger partial charge in [0, 0.05) is 25.2 Å². The minimum atomic E-state index is -0.0139. The van der Waals surface area contributed by atoms with Crippen molar-refractivity contribution in [3.8, 4) is 0 Å². The highest BCUT2D eigenvalue weighted by Crippen LogP contribution is 2.25. The monoisotopic (exact) mass is 207 g/mol. The van der Waals surface area contributed by atoms with Crippen LogP contribution >= 0.6 is 0 Å². The fourth-order valence-corrected chi connectivity index (χ4v) is 2.50. The first kappa shape index (κ1) is 8.91. The van der Waals surface area contributed by atoms with E-state index in [9.17, 15) is 4.79 Å². The summed E-state index contributed by atoms with van der Waals surface area (Å²) >= 11 is 0. The zero-order valence-electron chi connectivity index (χ0n) is 8.35. The van der Waals surface area contributed by atoms with Crippen LogP contribution in [0.1, 0.15) is 16.9 Å². The number of hydrogen-bond acceptors (Lipinski definition) is 4. The van der Waals surface area contributed by atoms with Gasteiger partial charge in [-0.3, -0.25) is 4.79 Å². The van der Waals surface area contributed by atoms with Crippen molar-refractivity contribution in [1.29, 1.82) is 0 Å². The average molecular weight is 207 g/mol. The largest absolute Gasteiger partial charge is 0.364 e. The third kappa shape index (κ3) is 1.43. The highest BCUT2D eigenvalue weighted by Gasteiger charge is 2.38. The molecule has 1 aromatic rings. The van der Waals surface area contributed by atoms with Gasteiger partial charge in [-0.05, 0) is 18.9 Å². The Hall–Kier alpha value is -1.36. The molecule has 2 aliphatic rings. The predicted molar refractivity (Wildman–Crippen MR) is 52.3 cm³/mol. The van der Waals surface area contributed by atoms with E-state index in [0.717, 1.165) is 19.6 Å². The summed E-state index contributed by atoms with van der Waals surface area (Å²) in [6, 6.07) is 2.10. The molecular weight excluding hydrogens is 194 g/mol. The average Bonchev–Trinajstić information content (AvgIpc) is 2.92. The number of carbonyl (C=O) groups excluding carboxylic acids is 1. The van der Waals surface area contributed by atoms with E-state index in [4.69, 9.17) is 0 Å². The number of aromatic nitrogens is 1. The van der Waals surface area contributed by atoms with Crippen molar-refractivity contribution in [2.24, 2.45) is 5.92 Å². The third-order valence-electron chi connectivity index (χ3n) is 3.31. The summed E-state index contributed by atoms with van der Waals surface area (Å²) in [7, 11) is 0. The molecule has 1 aromatic heterocycles. The SMILES string of the molecule is O=C(c1ccon1)N1CC2CCNC2C1. The van der Waals surface area contributed by atoms with Crippen LogP contribution in [0, 0.1) is 5.92 Å². The smallest absolute Gasteiger partial charge is 0.276 e. The third-order valence-corrected chi connectivity index (χ3v) is 3.31. The Balaban J connectivity index is 1.72. The summed E-state index contributed by atoms with van der Waals surface area (Å²) in [4.78, 5) is 13.8. The van der Waals surface area contributed by atoms with Crippen LogP contribution in [-0.2, 0) is 0 Å². The van der Waals surface area contributed by atoms with Gasteiger partial charge in [0.1, 0.15) is 6.26 Å². The Morgan fingerprint density at radius 1 is 1.60 bits per heavy atom. The highest BCUT2D eigenvalue weighted by atomic mass is 16.5. The van der Waals surface area contributed by atoms with Crippen molar-refractivity contribution in [2.45, 2.75) is 12.5 Å². The topological polar surface area (TPSA) is 58.4 Å². The summed E-state index contributed by atoms with van der Waals surface area (Å²) < 4.78 is 4.68. The fourth-order valence-electron chi connectivity index (χ4n) is 2.50. The lowest BCUT2D eigenvalue weighted by Crippen LogP contribution is -2.34. The van der Waals surface area contributed by atoms with E-state index in [1.807, 2.05) is 4.90 Å². The second-order valence-corrected chi connectivity index (χ2v) is 4.20. The molecule has 2 aliphatic heterocycles. The standard InChI is InChI=1S/C10H13N3O2/c14-10(8-2-4-15-12-8)13-5-7-1-3-11-9(7)6-13/h2,4,7,9,11H,1,3,5-6H2. The summed E-state index contributed by atoms with van der Waals surface area (Å²) in [6.07, 6.45) is 2.61. The van der Waals surface area contributed by atoms with Gasteiger partial charge in [0.05, 0.1) is 0 Å². The molecule has 3 rings (SSSR count). The number of likely N-dealkylation sites (tertiary alicyclic amines) is 1. The molecule has 0 aromatic carbocycles. The number of rotatable bonds is 1. The summed E-state index contributed by atoms with van der Waals surface area (Å²) in [5.41, 5.74) is 0.412. The van der Waals surface area contributed by atoms with Crippen LogP contribution in [0.25, 0.3) is 0 Å². The van der Waals surface area contributed by atoms with E-state index in [1.165, 1.54) is 12.7 Å². The minimum Gasteiger partial charge on any atom is -0.364 e. The Bertz CT molecular complexity index is 351. The van der Waals surface area contributed by atoms with Gasteiger partial charge in [-0.25, -0.2) is 0 Å². The van der Waals surface area contributed by atoms with Gasteiger partial charge in [0.2, 0.25) is 0 Å². The molecule has 0 saturated carbocycles. The first-order valence-corrected chi connectivity index (χ1v) is 5.27. The van der Waals surface area contributed by atoms with Gasteiger partial charge >= 0.3 is 0 Å². The second-order valence-electron chi connectivity index (χ2n) is 4.20. The zero-order chi connectivity index (χ0) is 10.3. The van der Waals surface area contributed by atoms with Crippen molar-refractivity contribution in [3.63, 3.8) is 0 Å². The van der Waals surface area contributed by atoms with Gasteiger partial charge in [0.15, 0.2) is 5.69 Å². The van der Waals surface area contributed by atoms with Crippen molar-refractivity contribution in [3.05, 3.63) is 18.0 Å². The van der Waals surface area contributed by atoms with Gasteiger partial charge in [-0.15, -0.1) is 0 Å². The maximum absolute atomic E-state index is 11.9. The van der Waals surface area contributed by atoms with E-state index in [0.29, 0.717) is 17.7 Å². The molecule has 2 saturated heterocycles. The lowest BCUT2D eigenvalue weighted by Gasteiger charge is -2.15. The van der Waals surface area contributed by atoms with Crippen LogP contribution in [0.4, 0.5) is 0 Å². The molecule has 2 fully saturated rings. The maximum atomic E-state index is 11.9. The minimum absolute atomic E-state index is 0.0139. The molecule has 1 amide bonds. The number of nitrogens with zero attached hydrogens (tertiary/aromatic N) is 2. The van der Waals surface area contributed by atoms with E-state index in [-0.39, 0.29) is 5.91 Å². The molecule has 2 unspecified atom stereocenters. The maximum Gasteiger partial charge on any atom is 0.276 e. The van der Waals surface area contributed by atoms with E-state index in [2.05, 4.69) is 15.0 Å². The quantitative estimate of drug-likeness (QED) is 0.710. The second kappa shape index (κ2) is 3.34. The van der Waals surface area contributed by atoms with Crippen LogP contribution in [0.15, 0.2) is 16.9 Å². The van der Waals surface area contributed by atoms with Crippen LogP contribution in [0.2, 0.25) is 0 Å². The Kier molecular flexibility index (Phi) is 1.98. The molecule has 0 radical (unpaired) electrons. The summed E-state index contributed by atoms with van der Waals surface area (Å²) in [5.74, 6) is 0.612. The van der Waals surface area contributed by atoms with Gasteiger partial charge in [0.25, 0.3) is 5.91 Å². The van der Waals surface area contributed by atoms with Gasteiger partial charge < -0.3 is 14.7 Å². The van der Waals surface area contributed by atoms with E-state index >= 15 is 0 Å². The molecule has 1 N–H and O–H groups in total. The van der Waals surface area contributed by atoms with Crippen LogP contribution in [0.5, 0.6) is 0 Å². The molecule has 2 atom stereocenters. The Morgan fingerprint density at radius 3 is 3.27 bits per heavy atom. The molecule has 0 bridgehead atoms. The molecule has 5 heteroatoms. The fraction of sp³-hybridized carbons (Fsp3) is 0.600. The normalized spacial score (nSPS) is 29.5. The number of nitrogens with one attached hydrogen (secondary N) is 1. The first-order chi connectivity index (χ1) is 7.34. The zero-order valence-corrected chi connectivity index (χ0v) is 8.35. The lowest BCUT2D eigenvalue weighted by atomic mass is 10.1. The molecule has 0 aliphatic carbocycles. The van der Waals surface area contributed by atoms with E-state index < -0.39 is 0 Å². The van der Waals surface area contributed by atoms with Gasteiger partial charge in [-0.1, -0.05) is 5.16 Å². The van der Waals surface area contributed by atoms with Crippen molar-refractivity contribution in [2.75, 3.05) is 19.6 Å².